The van der Waals surface area contributed by atoms with Crippen LogP contribution in [0.5, 0.6) is 0 Å². The fourth-order valence-corrected chi connectivity index (χ4v) is 2.64. The number of rotatable bonds is 4. The zero-order valence-corrected chi connectivity index (χ0v) is 10.9. The molecule has 0 atom stereocenters. The Morgan fingerprint density at radius 3 is 2.94 bits per heavy atom. The summed E-state index contributed by atoms with van der Waals surface area (Å²) < 4.78 is 0. The van der Waals surface area contributed by atoms with Crippen molar-refractivity contribution in [3.63, 3.8) is 0 Å². The Labute approximate surface area is 110 Å². The van der Waals surface area contributed by atoms with Crippen molar-refractivity contribution in [2.45, 2.75) is 13.3 Å². The maximum atomic E-state index is 9.02. The number of aryl methyl sites for hydroxylation is 1. The second kappa shape index (κ2) is 5.63. The minimum atomic E-state index is 0.616. The van der Waals surface area contributed by atoms with Crippen LogP contribution in [0.25, 0.3) is 0 Å². The molecular weight excluding hydrogens is 244 g/mol. The van der Waals surface area contributed by atoms with Crippen LogP contribution in [0.3, 0.4) is 0 Å². The van der Waals surface area contributed by atoms with Gasteiger partial charge in [0.1, 0.15) is 6.07 Å². The summed E-state index contributed by atoms with van der Waals surface area (Å²) in [6.45, 7) is 2.60. The van der Waals surface area contributed by atoms with E-state index in [9.17, 15) is 0 Å². The molecule has 0 bridgehead atoms. The zero-order chi connectivity index (χ0) is 13.0. The number of para-hydroxylation sites is 1. The summed E-state index contributed by atoms with van der Waals surface area (Å²) in [7, 11) is 0. The number of anilines is 2. The van der Waals surface area contributed by atoms with Gasteiger partial charge >= 0.3 is 0 Å². The van der Waals surface area contributed by atoms with Crippen LogP contribution in [0.2, 0.25) is 0 Å². The van der Waals surface area contributed by atoms with Crippen LogP contribution in [0, 0.1) is 18.3 Å². The molecule has 1 aromatic heterocycles. The van der Waals surface area contributed by atoms with Crippen molar-refractivity contribution >= 4 is 22.2 Å². The monoisotopic (exact) mass is 258 g/mol. The van der Waals surface area contributed by atoms with Gasteiger partial charge in [-0.05, 0) is 32.0 Å². The Morgan fingerprint density at radius 1 is 1.44 bits per heavy atom. The van der Waals surface area contributed by atoms with Crippen LogP contribution in [0.15, 0.2) is 24.3 Å². The molecule has 5 heteroatoms. The Morgan fingerprint density at radius 2 is 2.22 bits per heavy atom. The van der Waals surface area contributed by atoms with Crippen LogP contribution in [0.1, 0.15) is 16.1 Å². The predicted octanol–water partition coefficient (Wildman–Crippen LogP) is 2.57. The van der Waals surface area contributed by atoms with E-state index in [4.69, 9.17) is 11.0 Å². The van der Waals surface area contributed by atoms with Crippen LogP contribution >= 0.6 is 11.3 Å². The number of nitrogens with zero attached hydrogens (tertiary/aromatic N) is 2. The fraction of sp³-hybridized carbons (Fsp3) is 0.231. The lowest BCUT2D eigenvalue weighted by Crippen LogP contribution is -2.01. The third-order valence-corrected chi connectivity index (χ3v) is 3.69. The Bertz CT molecular complexity index is 583. The molecule has 4 nitrogen and oxygen atoms in total. The second-order valence-electron chi connectivity index (χ2n) is 3.85. The van der Waals surface area contributed by atoms with E-state index in [-0.39, 0.29) is 0 Å². The molecule has 0 aliphatic rings. The molecule has 0 aliphatic carbocycles. The first-order chi connectivity index (χ1) is 8.74. The van der Waals surface area contributed by atoms with E-state index >= 15 is 0 Å². The van der Waals surface area contributed by atoms with E-state index in [2.05, 4.69) is 16.4 Å². The number of nitrogens with one attached hydrogen (secondary N) is 1. The first-order valence-corrected chi connectivity index (χ1v) is 6.48. The molecule has 3 N–H and O–H groups in total. The number of hydrogen-bond acceptors (Lipinski definition) is 5. The molecule has 0 saturated carbocycles. The van der Waals surface area contributed by atoms with Crippen molar-refractivity contribution in [3.05, 3.63) is 40.4 Å². The molecule has 0 saturated heterocycles. The molecule has 1 heterocycles. The van der Waals surface area contributed by atoms with Crippen LogP contribution < -0.4 is 11.1 Å². The van der Waals surface area contributed by atoms with Gasteiger partial charge in [-0.15, -0.1) is 11.3 Å². The Hall–Kier alpha value is -1.90. The summed E-state index contributed by atoms with van der Waals surface area (Å²) in [5, 5.41) is 13.0. The second-order valence-corrected chi connectivity index (χ2v) is 4.93. The molecule has 0 fully saturated rings. The first kappa shape index (κ1) is 12.6. The normalized spacial score (nSPS) is 10.1. The highest BCUT2D eigenvalue weighted by Crippen LogP contribution is 2.27. The van der Waals surface area contributed by atoms with Gasteiger partial charge in [-0.25, -0.2) is 4.98 Å². The molecule has 0 amide bonds. The van der Waals surface area contributed by atoms with Gasteiger partial charge in [0.25, 0.3) is 0 Å². The lowest BCUT2D eigenvalue weighted by atomic mass is 10.2. The molecule has 0 unspecified atom stereocenters. The summed E-state index contributed by atoms with van der Waals surface area (Å²) in [6.07, 6.45) is 0.838. The quantitative estimate of drug-likeness (QED) is 0.883. The third kappa shape index (κ3) is 2.67. The highest BCUT2D eigenvalue weighted by molar-refractivity contribution is 7.15. The van der Waals surface area contributed by atoms with Crippen molar-refractivity contribution in [2.75, 3.05) is 11.9 Å². The molecule has 0 radical (unpaired) electrons. The summed E-state index contributed by atoms with van der Waals surface area (Å²) in [5.41, 5.74) is 7.96. The Kier molecular flexibility index (Phi) is 3.92. The lowest BCUT2D eigenvalue weighted by molar-refractivity contribution is 0.970. The van der Waals surface area contributed by atoms with E-state index in [0.717, 1.165) is 22.9 Å². The van der Waals surface area contributed by atoms with Gasteiger partial charge in [-0.1, -0.05) is 12.1 Å². The number of hydrogen-bond donors (Lipinski definition) is 2. The van der Waals surface area contributed by atoms with E-state index in [0.29, 0.717) is 12.1 Å². The number of thiazole rings is 1. The largest absolute Gasteiger partial charge is 0.330 e. The van der Waals surface area contributed by atoms with Gasteiger partial charge in [-0.2, -0.15) is 5.26 Å². The highest BCUT2D eigenvalue weighted by Gasteiger charge is 2.08. The van der Waals surface area contributed by atoms with Crippen molar-refractivity contribution in [1.82, 2.24) is 4.98 Å². The van der Waals surface area contributed by atoms with Gasteiger partial charge in [0.2, 0.25) is 0 Å². The number of nitrogens with two attached hydrogens (primary N) is 1. The lowest BCUT2D eigenvalue weighted by Gasteiger charge is -2.03. The molecule has 92 valence electrons. The van der Waals surface area contributed by atoms with E-state index in [1.54, 1.807) is 17.4 Å². The number of aromatic nitrogens is 1. The summed E-state index contributed by atoms with van der Waals surface area (Å²) in [4.78, 5) is 5.63. The average Bonchev–Trinajstić information content (AvgIpc) is 2.71. The predicted molar refractivity (Wildman–Crippen MR) is 74.0 cm³/mol. The molecule has 1 aromatic carbocycles. The fourth-order valence-electron chi connectivity index (χ4n) is 1.65. The zero-order valence-electron chi connectivity index (χ0n) is 10.1. The Balaban J connectivity index is 2.24. The van der Waals surface area contributed by atoms with Gasteiger partial charge in [0.05, 0.1) is 16.9 Å². The van der Waals surface area contributed by atoms with Crippen LogP contribution in [0.4, 0.5) is 10.8 Å². The topological polar surface area (TPSA) is 74.7 Å². The minimum Gasteiger partial charge on any atom is -0.330 e. The molecule has 0 aliphatic heterocycles. The van der Waals surface area contributed by atoms with Crippen molar-refractivity contribution in [1.29, 1.82) is 5.26 Å². The number of benzene rings is 1. The highest BCUT2D eigenvalue weighted by atomic mass is 32.1. The molecule has 2 rings (SSSR count). The van der Waals surface area contributed by atoms with Crippen molar-refractivity contribution < 1.29 is 0 Å². The van der Waals surface area contributed by atoms with E-state index < -0.39 is 0 Å². The summed E-state index contributed by atoms with van der Waals surface area (Å²) in [6, 6.07) is 9.55. The van der Waals surface area contributed by atoms with Gasteiger partial charge < -0.3 is 11.1 Å². The summed E-state index contributed by atoms with van der Waals surface area (Å²) in [5.74, 6) is 0. The maximum Gasteiger partial charge on any atom is 0.187 e. The third-order valence-electron chi connectivity index (χ3n) is 2.55. The molecule has 2 aromatic rings. The van der Waals surface area contributed by atoms with Gasteiger partial charge in [-0.3, -0.25) is 0 Å². The molecule has 0 spiro atoms. The molecular formula is C13H14N4S. The summed E-state index contributed by atoms with van der Waals surface area (Å²) >= 11 is 1.59. The smallest absolute Gasteiger partial charge is 0.187 e. The maximum absolute atomic E-state index is 9.02. The number of nitriles is 1. The minimum absolute atomic E-state index is 0.616. The SMILES string of the molecule is Cc1nc(Nc2ccccc2C#N)sc1CCN. The average molecular weight is 258 g/mol. The molecule has 18 heavy (non-hydrogen) atoms. The standard InChI is InChI=1S/C13H14N4S/c1-9-12(6-7-14)18-13(16-9)17-11-5-3-2-4-10(11)8-15/h2-5H,6-7,14H2,1H3,(H,16,17). The van der Waals surface area contributed by atoms with Crippen molar-refractivity contribution in [2.24, 2.45) is 5.73 Å². The van der Waals surface area contributed by atoms with Crippen LogP contribution in [-0.4, -0.2) is 11.5 Å². The van der Waals surface area contributed by atoms with E-state index in [1.807, 2.05) is 25.1 Å². The van der Waals surface area contributed by atoms with Crippen LogP contribution in [-0.2, 0) is 6.42 Å². The van der Waals surface area contributed by atoms with Gasteiger partial charge in [0, 0.05) is 4.88 Å². The van der Waals surface area contributed by atoms with Gasteiger partial charge in [0.15, 0.2) is 5.13 Å². The van der Waals surface area contributed by atoms with E-state index in [1.165, 1.54) is 4.88 Å². The first-order valence-electron chi connectivity index (χ1n) is 5.67. The van der Waals surface area contributed by atoms with Crippen molar-refractivity contribution in [3.8, 4) is 6.07 Å².